The lowest BCUT2D eigenvalue weighted by molar-refractivity contribution is 0.217. The van der Waals surface area contributed by atoms with E-state index in [2.05, 4.69) is 11.0 Å². The van der Waals surface area contributed by atoms with Crippen LogP contribution in [0.4, 0.5) is 0 Å². The summed E-state index contributed by atoms with van der Waals surface area (Å²) >= 11 is 0. The van der Waals surface area contributed by atoms with Crippen molar-refractivity contribution in [3.05, 3.63) is 0 Å². The molecule has 0 aromatic rings. The molecule has 0 bridgehead atoms. The van der Waals surface area contributed by atoms with Crippen LogP contribution in [0.3, 0.4) is 0 Å². The van der Waals surface area contributed by atoms with Crippen molar-refractivity contribution in [2.75, 3.05) is 26.7 Å². The normalized spacial score (nSPS) is 11.7. The van der Waals surface area contributed by atoms with Gasteiger partial charge in [-0.15, -0.1) is 0 Å². The third-order valence-corrected chi connectivity index (χ3v) is 2.38. The van der Waals surface area contributed by atoms with Crippen molar-refractivity contribution in [1.29, 1.82) is 5.26 Å². The molecule has 3 nitrogen and oxygen atoms in total. The molecule has 0 unspecified atom stereocenters. The fraction of sp³-hybridized carbons (Fsp3) is 0.909. The van der Waals surface area contributed by atoms with E-state index in [0.717, 1.165) is 32.4 Å². The highest BCUT2D eigenvalue weighted by atomic mass is 16.3. The molecule has 0 amide bonds. The molecule has 0 saturated heterocycles. The lowest BCUT2D eigenvalue weighted by atomic mass is 9.89. The molecule has 0 aliphatic carbocycles. The van der Waals surface area contributed by atoms with Crippen LogP contribution in [0, 0.1) is 16.7 Å². The van der Waals surface area contributed by atoms with Crippen LogP contribution in [0.15, 0.2) is 0 Å². The van der Waals surface area contributed by atoms with Crippen LogP contribution >= 0.6 is 0 Å². The fourth-order valence-electron chi connectivity index (χ4n) is 1.29. The average molecular weight is 198 g/mol. The highest BCUT2D eigenvalue weighted by molar-refractivity contribution is 4.91. The van der Waals surface area contributed by atoms with E-state index in [1.54, 1.807) is 0 Å². The second kappa shape index (κ2) is 6.80. The highest BCUT2D eigenvalue weighted by Crippen LogP contribution is 2.21. The van der Waals surface area contributed by atoms with Crippen molar-refractivity contribution in [3.8, 4) is 6.07 Å². The zero-order chi connectivity index (χ0) is 11.0. The maximum absolute atomic E-state index is 8.79. The Labute approximate surface area is 87.3 Å². The van der Waals surface area contributed by atoms with E-state index in [4.69, 9.17) is 10.4 Å². The van der Waals surface area contributed by atoms with E-state index in [1.165, 1.54) is 0 Å². The Balaban J connectivity index is 3.43. The van der Waals surface area contributed by atoms with Gasteiger partial charge in [-0.1, -0.05) is 6.42 Å². The summed E-state index contributed by atoms with van der Waals surface area (Å²) in [4.78, 5) is 2.11. The number of nitriles is 1. The Hall–Kier alpha value is -0.590. The molecule has 0 saturated carbocycles. The summed E-state index contributed by atoms with van der Waals surface area (Å²) in [6.07, 6.45) is 3.13. The number of aliphatic hydroxyl groups is 1. The van der Waals surface area contributed by atoms with E-state index >= 15 is 0 Å². The van der Waals surface area contributed by atoms with Gasteiger partial charge in [-0.05, 0) is 40.3 Å². The van der Waals surface area contributed by atoms with Gasteiger partial charge >= 0.3 is 0 Å². The molecule has 82 valence electrons. The molecule has 0 aromatic carbocycles. The third kappa shape index (κ3) is 6.88. The van der Waals surface area contributed by atoms with Gasteiger partial charge in [-0.2, -0.15) is 5.26 Å². The Morgan fingerprint density at radius 3 is 2.43 bits per heavy atom. The topological polar surface area (TPSA) is 47.3 Å². The van der Waals surface area contributed by atoms with Crippen molar-refractivity contribution in [2.45, 2.75) is 33.1 Å². The van der Waals surface area contributed by atoms with Gasteiger partial charge in [-0.25, -0.2) is 0 Å². The standard InChI is InChI=1S/C11H22N2O/c1-11(2,10-12)6-4-5-7-13(3)8-9-14/h14H,4-9H2,1-3H3. The minimum Gasteiger partial charge on any atom is -0.395 e. The fourth-order valence-corrected chi connectivity index (χ4v) is 1.29. The van der Waals surface area contributed by atoms with E-state index in [1.807, 2.05) is 20.9 Å². The molecule has 0 heterocycles. The molecule has 1 N–H and O–H groups in total. The van der Waals surface area contributed by atoms with Crippen molar-refractivity contribution in [3.63, 3.8) is 0 Å². The maximum Gasteiger partial charge on any atom is 0.0683 e. The first-order valence-electron chi connectivity index (χ1n) is 5.22. The molecule has 0 rings (SSSR count). The Morgan fingerprint density at radius 1 is 1.29 bits per heavy atom. The zero-order valence-electron chi connectivity index (χ0n) is 9.58. The molecule has 14 heavy (non-hydrogen) atoms. The average Bonchev–Trinajstić information content (AvgIpc) is 2.13. The molecule has 0 aliphatic rings. The number of unbranched alkanes of at least 4 members (excludes halogenated alkanes) is 1. The third-order valence-electron chi connectivity index (χ3n) is 2.38. The minimum absolute atomic E-state index is 0.185. The van der Waals surface area contributed by atoms with Gasteiger partial charge in [0.2, 0.25) is 0 Å². The molecule has 0 radical (unpaired) electrons. The number of aliphatic hydroxyl groups excluding tert-OH is 1. The molecule has 0 spiro atoms. The first kappa shape index (κ1) is 13.4. The number of nitrogens with zero attached hydrogens (tertiary/aromatic N) is 2. The van der Waals surface area contributed by atoms with Gasteiger partial charge in [-0.3, -0.25) is 0 Å². The first-order valence-corrected chi connectivity index (χ1v) is 5.22. The van der Waals surface area contributed by atoms with Gasteiger partial charge in [0.15, 0.2) is 0 Å². The molecule has 0 fully saturated rings. The highest BCUT2D eigenvalue weighted by Gasteiger charge is 2.15. The predicted octanol–water partition coefficient (Wildman–Crippen LogP) is 1.63. The minimum atomic E-state index is -0.185. The van der Waals surface area contributed by atoms with Gasteiger partial charge in [0.25, 0.3) is 0 Å². The van der Waals surface area contributed by atoms with Crippen LogP contribution in [-0.2, 0) is 0 Å². The Morgan fingerprint density at radius 2 is 1.93 bits per heavy atom. The molecule has 0 aromatic heterocycles. The van der Waals surface area contributed by atoms with Crippen molar-refractivity contribution in [2.24, 2.45) is 5.41 Å². The molecule has 0 aliphatic heterocycles. The van der Waals surface area contributed by atoms with E-state index in [0.29, 0.717) is 0 Å². The van der Waals surface area contributed by atoms with Crippen molar-refractivity contribution < 1.29 is 5.11 Å². The van der Waals surface area contributed by atoms with Crippen LogP contribution in [0.1, 0.15) is 33.1 Å². The van der Waals surface area contributed by atoms with E-state index in [-0.39, 0.29) is 12.0 Å². The summed E-state index contributed by atoms with van der Waals surface area (Å²) in [6.45, 7) is 5.92. The van der Waals surface area contributed by atoms with Crippen LogP contribution in [0.5, 0.6) is 0 Å². The second-order valence-electron chi connectivity index (χ2n) is 4.48. The monoisotopic (exact) mass is 198 g/mol. The van der Waals surface area contributed by atoms with Crippen LogP contribution in [0.25, 0.3) is 0 Å². The van der Waals surface area contributed by atoms with Crippen LogP contribution in [0.2, 0.25) is 0 Å². The summed E-state index contributed by atoms with van der Waals surface area (Å²) in [7, 11) is 2.01. The Bertz CT molecular complexity index is 184. The summed E-state index contributed by atoms with van der Waals surface area (Å²) in [5, 5.41) is 17.5. The van der Waals surface area contributed by atoms with Crippen LogP contribution < -0.4 is 0 Å². The summed E-state index contributed by atoms with van der Waals surface area (Å²) in [5.74, 6) is 0. The number of likely N-dealkylation sites (N-methyl/N-ethyl adjacent to an activating group) is 1. The predicted molar refractivity (Wildman–Crippen MR) is 57.8 cm³/mol. The lowest BCUT2D eigenvalue weighted by Crippen LogP contribution is -2.23. The Kier molecular flexibility index (Phi) is 6.52. The maximum atomic E-state index is 8.79. The summed E-state index contributed by atoms with van der Waals surface area (Å²) in [6, 6.07) is 2.30. The quantitative estimate of drug-likeness (QED) is 0.632. The second-order valence-corrected chi connectivity index (χ2v) is 4.48. The van der Waals surface area contributed by atoms with Gasteiger partial charge in [0.05, 0.1) is 18.1 Å². The summed E-state index contributed by atoms with van der Waals surface area (Å²) < 4.78 is 0. The molecular weight excluding hydrogens is 176 g/mol. The van der Waals surface area contributed by atoms with Gasteiger partial charge in [0, 0.05) is 6.54 Å². The van der Waals surface area contributed by atoms with Crippen LogP contribution in [-0.4, -0.2) is 36.8 Å². The zero-order valence-corrected chi connectivity index (χ0v) is 9.58. The van der Waals surface area contributed by atoms with Crippen molar-refractivity contribution >= 4 is 0 Å². The SMILES string of the molecule is CN(CCO)CCCCC(C)(C)C#N. The number of rotatable bonds is 7. The molecular formula is C11H22N2O. The first-order chi connectivity index (χ1) is 6.52. The largest absolute Gasteiger partial charge is 0.395 e. The van der Waals surface area contributed by atoms with E-state index < -0.39 is 0 Å². The number of hydrogen-bond donors (Lipinski definition) is 1. The summed E-state index contributed by atoms with van der Waals surface area (Å²) in [5.41, 5.74) is -0.185. The lowest BCUT2D eigenvalue weighted by Gasteiger charge is -2.17. The van der Waals surface area contributed by atoms with E-state index in [9.17, 15) is 0 Å². The molecule has 3 heteroatoms. The smallest absolute Gasteiger partial charge is 0.0683 e. The van der Waals surface area contributed by atoms with Crippen molar-refractivity contribution in [1.82, 2.24) is 4.90 Å². The number of hydrogen-bond acceptors (Lipinski definition) is 3. The van der Waals surface area contributed by atoms with Gasteiger partial charge in [0.1, 0.15) is 0 Å². The van der Waals surface area contributed by atoms with Gasteiger partial charge < -0.3 is 10.0 Å². The molecule has 0 atom stereocenters.